The zero-order valence-electron chi connectivity index (χ0n) is 49.6. The minimum Gasteiger partial charge on any atom is -0.462 e. The molecule has 0 spiro atoms. The third-order valence-corrected chi connectivity index (χ3v) is 12.7. The van der Waals surface area contributed by atoms with Gasteiger partial charge in [-0.1, -0.05) is 229 Å². The number of allylic oxidation sites excluding steroid dienone is 28. The van der Waals surface area contributed by atoms with Gasteiger partial charge in [-0.2, -0.15) is 0 Å². The molecule has 0 amide bonds. The van der Waals surface area contributed by atoms with Crippen LogP contribution in [0, 0.1) is 0 Å². The second-order valence-corrected chi connectivity index (χ2v) is 21.7. The summed E-state index contributed by atoms with van der Waals surface area (Å²) in [5.74, 6) is -0.888. The van der Waals surface area contributed by atoms with Crippen molar-refractivity contribution in [2.24, 2.45) is 0 Å². The van der Waals surface area contributed by atoms with Crippen LogP contribution >= 0.6 is 7.82 Å². The maximum atomic E-state index is 12.8. The zero-order valence-corrected chi connectivity index (χ0v) is 50.5. The summed E-state index contributed by atoms with van der Waals surface area (Å²) in [7, 11) is 1.42. The Bertz CT molecular complexity index is 1920. The Morgan fingerprint density at radius 1 is 0.397 bits per heavy atom. The minimum absolute atomic E-state index is 0.0119. The topological polar surface area (TPSA) is 108 Å². The molecular formula is C68H109NO8P+. The van der Waals surface area contributed by atoms with Crippen molar-refractivity contribution < 1.29 is 42.1 Å². The first-order valence-corrected chi connectivity index (χ1v) is 31.4. The number of phosphoric ester groups is 1. The molecular weight excluding hydrogens is 990 g/mol. The van der Waals surface area contributed by atoms with Gasteiger partial charge in [-0.05, 0) is 122 Å². The molecule has 9 nitrogen and oxygen atoms in total. The summed E-state index contributed by atoms with van der Waals surface area (Å²) in [6.07, 6.45) is 87.3. The van der Waals surface area contributed by atoms with Gasteiger partial charge in [-0.3, -0.25) is 18.6 Å². The van der Waals surface area contributed by atoms with Crippen molar-refractivity contribution in [3.8, 4) is 0 Å². The van der Waals surface area contributed by atoms with Gasteiger partial charge in [0.05, 0.1) is 27.7 Å². The molecule has 438 valence electrons. The highest BCUT2D eigenvalue weighted by Crippen LogP contribution is 2.43. The van der Waals surface area contributed by atoms with E-state index in [9.17, 15) is 19.0 Å². The largest absolute Gasteiger partial charge is 0.472 e. The number of nitrogens with zero attached hydrogens (tertiary/aromatic N) is 1. The lowest BCUT2D eigenvalue weighted by Gasteiger charge is -2.24. The van der Waals surface area contributed by atoms with E-state index in [-0.39, 0.29) is 26.1 Å². The molecule has 0 radical (unpaired) electrons. The monoisotopic (exact) mass is 1100 g/mol. The molecule has 0 aliphatic carbocycles. The number of likely N-dealkylation sites (N-methyl/N-ethyl adjacent to an activating group) is 1. The van der Waals surface area contributed by atoms with Crippen LogP contribution < -0.4 is 0 Å². The lowest BCUT2D eigenvalue weighted by atomic mass is 10.1. The van der Waals surface area contributed by atoms with Crippen molar-refractivity contribution >= 4 is 19.8 Å². The predicted octanol–water partition coefficient (Wildman–Crippen LogP) is 19.0. The molecule has 0 aromatic rings. The molecule has 0 bridgehead atoms. The molecule has 2 unspecified atom stereocenters. The van der Waals surface area contributed by atoms with Gasteiger partial charge in [0.1, 0.15) is 19.8 Å². The highest BCUT2D eigenvalue weighted by atomic mass is 31.2. The van der Waals surface area contributed by atoms with E-state index in [1.165, 1.54) is 32.1 Å². The number of quaternary nitrogens is 1. The number of carbonyl (C=O) groups excluding carboxylic acids is 2. The highest BCUT2D eigenvalue weighted by molar-refractivity contribution is 7.47. The number of esters is 2. The summed E-state index contributed by atoms with van der Waals surface area (Å²) in [5, 5.41) is 0. The van der Waals surface area contributed by atoms with E-state index >= 15 is 0 Å². The molecule has 10 heteroatoms. The fourth-order valence-electron chi connectivity index (χ4n) is 7.22. The molecule has 0 fully saturated rings. The fourth-order valence-corrected chi connectivity index (χ4v) is 7.96. The second kappa shape index (κ2) is 57.1. The lowest BCUT2D eigenvalue weighted by Crippen LogP contribution is -2.37. The van der Waals surface area contributed by atoms with E-state index in [2.05, 4.69) is 184 Å². The van der Waals surface area contributed by atoms with Gasteiger partial charge in [-0.15, -0.1) is 0 Å². The first kappa shape index (κ1) is 73.4. The number of hydrogen-bond acceptors (Lipinski definition) is 7. The van der Waals surface area contributed by atoms with E-state index in [0.29, 0.717) is 23.9 Å². The third kappa shape index (κ3) is 60.6. The van der Waals surface area contributed by atoms with Gasteiger partial charge in [0, 0.05) is 12.8 Å². The van der Waals surface area contributed by atoms with Gasteiger partial charge in [0.2, 0.25) is 0 Å². The van der Waals surface area contributed by atoms with E-state index < -0.39 is 32.5 Å². The number of carbonyl (C=O) groups is 2. The summed E-state index contributed by atoms with van der Waals surface area (Å²) in [6, 6.07) is 0. The van der Waals surface area contributed by atoms with Crippen LogP contribution in [-0.2, 0) is 32.7 Å². The summed E-state index contributed by atoms with van der Waals surface area (Å²) < 4.78 is 34.5. The Balaban J connectivity index is 4.21. The van der Waals surface area contributed by atoms with Crippen LogP contribution in [0.1, 0.15) is 194 Å². The summed E-state index contributed by atoms with van der Waals surface area (Å²) in [5.41, 5.74) is 0. The normalized spacial score (nSPS) is 14.5. The van der Waals surface area contributed by atoms with Crippen LogP contribution in [0.5, 0.6) is 0 Å². The van der Waals surface area contributed by atoms with E-state index in [1.54, 1.807) is 0 Å². The third-order valence-electron chi connectivity index (χ3n) is 11.7. The molecule has 1 N–H and O–H groups in total. The standard InChI is InChI=1S/C68H108NO8P/c1-6-8-10-12-14-16-18-20-22-24-25-26-27-28-29-30-31-32-33-34-35-36-37-38-39-40-41-42-43-45-47-49-51-53-55-57-59-61-68(71)77-66(65-76-78(72,73)75-63-62-69(3,4)5)64-74-67(70)60-58-56-54-52-50-48-46-44-23-21-19-17-15-13-11-9-7-2/h8-11,14-17,20-23,25-26,28-29,31-32,34-35,37-38,40-41,46,48,52,54,66H,6-7,12-13,18-19,24,27,30,33,36,39,42-45,47,49-51,53,55-65H2,1-5H3/p+1/b10-8-,11-9-,16-14-,17-15-,22-20-,23-21-,26-25-,29-28-,32-31-,35-34-,38-37-,41-40-,48-46-,54-52-. The van der Waals surface area contributed by atoms with Gasteiger partial charge in [0.15, 0.2) is 6.10 Å². The number of rotatable bonds is 52. The van der Waals surface area contributed by atoms with E-state index in [4.69, 9.17) is 18.5 Å². The van der Waals surface area contributed by atoms with Crippen molar-refractivity contribution in [1.29, 1.82) is 0 Å². The van der Waals surface area contributed by atoms with Gasteiger partial charge >= 0.3 is 19.8 Å². The number of phosphoric acid groups is 1. The predicted molar refractivity (Wildman–Crippen MR) is 334 cm³/mol. The minimum atomic E-state index is -4.41. The summed E-state index contributed by atoms with van der Waals surface area (Å²) in [6.45, 7) is 4.10. The molecule has 0 aliphatic heterocycles. The average molecular weight is 1100 g/mol. The van der Waals surface area contributed by atoms with Crippen molar-refractivity contribution in [2.75, 3.05) is 47.5 Å². The van der Waals surface area contributed by atoms with Crippen LogP contribution in [0.2, 0.25) is 0 Å². The van der Waals surface area contributed by atoms with Crippen LogP contribution in [0.4, 0.5) is 0 Å². The molecule has 0 saturated heterocycles. The van der Waals surface area contributed by atoms with Gasteiger partial charge in [0.25, 0.3) is 0 Å². The Labute approximate surface area is 477 Å². The van der Waals surface area contributed by atoms with Gasteiger partial charge in [-0.25, -0.2) is 4.57 Å². The number of ether oxygens (including phenoxy) is 2. The van der Waals surface area contributed by atoms with Crippen molar-refractivity contribution in [3.05, 3.63) is 170 Å². The summed E-state index contributed by atoms with van der Waals surface area (Å²) in [4.78, 5) is 35.6. The molecule has 78 heavy (non-hydrogen) atoms. The Kier molecular flexibility index (Phi) is 53.7. The SMILES string of the molecule is CC/C=C\C/C=C\C/C=C\C/C=C\C/C=C\C/C=C\C/C=C\C/C=C\C/C=C\CCCCCCCCCCCC(=O)OC(COC(=O)CCC/C=C\C/C=C\C/C=C\C/C=C\C/C=C\CC)COP(=O)(O)OCC[N+](C)(C)C. The second-order valence-electron chi connectivity index (χ2n) is 20.3. The maximum absolute atomic E-state index is 12.8. The van der Waals surface area contributed by atoms with Crippen LogP contribution in [0.15, 0.2) is 170 Å². The van der Waals surface area contributed by atoms with Crippen molar-refractivity contribution in [3.63, 3.8) is 0 Å². The van der Waals surface area contributed by atoms with Crippen LogP contribution in [-0.4, -0.2) is 74.9 Å². The summed E-state index contributed by atoms with van der Waals surface area (Å²) >= 11 is 0. The van der Waals surface area contributed by atoms with E-state index in [1.807, 2.05) is 21.1 Å². The van der Waals surface area contributed by atoms with Crippen LogP contribution in [0.25, 0.3) is 0 Å². The molecule has 0 heterocycles. The van der Waals surface area contributed by atoms with Crippen LogP contribution in [0.3, 0.4) is 0 Å². The number of hydrogen-bond donors (Lipinski definition) is 1. The lowest BCUT2D eigenvalue weighted by molar-refractivity contribution is -0.870. The Morgan fingerprint density at radius 3 is 1.06 bits per heavy atom. The first-order valence-electron chi connectivity index (χ1n) is 29.9. The fraction of sp³-hybridized carbons (Fsp3) is 0.559. The maximum Gasteiger partial charge on any atom is 0.472 e. The quantitative estimate of drug-likeness (QED) is 0.0211. The smallest absolute Gasteiger partial charge is 0.462 e. The molecule has 0 aliphatic rings. The highest BCUT2D eigenvalue weighted by Gasteiger charge is 2.27. The molecule has 0 aromatic carbocycles. The zero-order chi connectivity index (χ0) is 57.0. The van der Waals surface area contributed by atoms with Crippen molar-refractivity contribution in [2.45, 2.75) is 200 Å². The molecule has 2 atom stereocenters. The van der Waals surface area contributed by atoms with Crippen molar-refractivity contribution in [1.82, 2.24) is 0 Å². The van der Waals surface area contributed by atoms with E-state index in [0.717, 1.165) is 122 Å². The average Bonchev–Trinajstić information content (AvgIpc) is 3.41. The molecule has 0 saturated carbocycles. The van der Waals surface area contributed by atoms with Gasteiger partial charge < -0.3 is 18.9 Å². The Hall–Kier alpha value is -4.63. The molecule has 0 aromatic heterocycles. The first-order chi connectivity index (χ1) is 38.0. The molecule has 0 rings (SSSR count). The number of unbranched alkanes of at least 4 members (excludes halogenated alkanes) is 10. The Morgan fingerprint density at radius 2 is 0.705 bits per heavy atom.